The van der Waals surface area contributed by atoms with Crippen LogP contribution in [0.2, 0.25) is 0 Å². The predicted molar refractivity (Wildman–Crippen MR) is 66.9 cm³/mol. The molecule has 0 rings (SSSR count). The summed E-state index contributed by atoms with van der Waals surface area (Å²) in [6.45, 7) is 2.18. The van der Waals surface area contributed by atoms with Crippen molar-refractivity contribution in [3.05, 3.63) is 36.5 Å². The van der Waals surface area contributed by atoms with Gasteiger partial charge >= 0.3 is 0 Å². The fourth-order valence-electron chi connectivity index (χ4n) is 1.19. The van der Waals surface area contributed by atoms with Crippen LogP contribution < -0.4 is 0 Å². The summed E-state index contributed by atoms with van der Waals surface area (Å²) < 4.78 is 0. The minimum atomic E-state index is 0.832. The molecule has 0 amide bonds. The van der Waals surface area contributed by atoms with E-state index in [9.17, 15) is 4.79 Å². The number of carbonyl (C=O) groups excluding carboxylic acids is 1. The Balaban J connectivity index is 3.23. The Bertz CT molecular complexity index is 211. The highest BCUT2D eigenvalue weighted by Crippen LogP contribution is 2.01. The second kappa shape index (κ2) is 12.9. The zero-order valence-corrected chi connectivity index (χ0v) is 9.69. The van der Waals surface area contributed by atoms with Crippen LogP contribution in [0.25, 0.3) is 0 Å². The van der Waals surface area contributed by atoms with Gasteiger partial charge in [-0.15, -0.1) is 0 Å². The number of hydrogen-bond acceptors (Lipinski definition) is 1. The van der Waals surface area contributed by atoms with Crippen LogP contribution >= 0.6 is 0 Å². The number of rotatable bonds is 9. The van der Waals surface area contributed by atoms with E-state index >= 15 is 0 Å². The van der Waals surface area contributed by atoms with Crippen LogP contribution in [0.4, 0.5) is 0 Å². The molecule has 0 bridgehead atoms. The second-order valence-electron chi connectivity index (χ2n) is 3.49. The van der Waals surface area contributed by atoms with Gasteiger partial charge in [0.15, 0.2) is 0 Å². The summed E-state index contributed by atoms with van der Waals surface area (Å²) in [7, 11) is 0. The van der Waals surface area contributed by atoms with E-state index in [2.05, 4.69) is 31.2 Å². The van der Waals surface area contributed by atoms with Crippen LogP contribution in [0.3, 0.4) is 0 Å². The van der Waals surface area contributed by atoms with Gasteiger partial charge in [0, 0.05) is 0 Å². The van der Waals surface area contributed by atoms with Crippen molar-refractivity contribution in [1.82, 2.24) is 0 Å². The second-order valence-corrected chi connectivity index (χ2v) is 3.49. The van der Waals surface area contributed by atoms with Crippen LogP contribution in [-0.2, 0) is 4.79 Å². The molecule has 0 atom stereocenters. The van der Waals surface area contributed by atoms with Crippen molar-refractivity contribution in [1.29, 1.82) is 0 Å². The topological polar surface area (TPSA) is 17.1 Å². The summed E-state index contributed by atoms with van der Waals surface area (Å²) in [6.07, 6.45) is 19.9. The first-order valence-corrected chi connectivity index (χ1v) is 5.83. The molecule has 0 aromatic heterocycles. The minimum Gasteiger partial charge on any atom is -0.299 e. The molecule has 0 saturated carbocycles. The maximum Gasteiger partial charge on any atom is 0.142 e. The van der Waals surface area contributed by atoms with Crippen molar-refractivity contribution in [3.63, 3.8) is 0 Å². The quantitative estimate of drug-likeness (QED) is 0.239. The lowest BCUT2D eigenvalue weighted by Gasteiger charge is -1.91. The van der Waals surface area contributed by atoms with Crippen molar-refractivity contribution in [3.8, 4) is 0 Å². The molecule has 0 aromatic rings. The molecule has 0 N–H and O–H groups in total. The Kier molecular flexibility index (Phi) is 11.9. The first kappa shape index (κ1) is 13.9. The van der Waals surface area contributed by atoms with E-state index in [1.54, 1.807) is 6.08 Å². The molecule has 1 heteroatoms. The fraction of sp³-hybridized carbons (Fsp3) is 0.500. The Morgan fingerprint density at radius 1 is 0.800 bits per heavy atom. The van der Waals surface area contributed by atoms with Gasteiger partial charge < -0.3 is 0 Å². The van der Waals surface area contributed by atoms with Gasteiger partial charge in [-0.05, 0) is 38.2 Å². The highest BCUT2D eigenvalue weighted by atomic mass is 16.1. The summed E-state index contributed by atoms with van der Waals surface area (Å²) in [6, 6.07) is 0. The van der Waals surface area contributed by atoms with Gasteiger partial charge in [-0.1, -0.05) is 43.7 Å². The van der Waals surface area contributed by atoms with Gasteiger partial charge in [-0.2, -0.15) is 0 Å². The molecule has 0 heterocycles. The number of aldehydes is 1. The van der Waals surface area contributed by atoms with E-state index in [0.29, 0.717) is 0 Å². The van der Waals surface area contributed by atoms with E-state index in [1.165, 1.54) is 19.3 Å². The third-order valence-electron chi connectivity index (χ3n) is 2.04. The molecule has 0 spiro atoms. The number of allylic oxidation sites excluding steroid dienone is 6. The van der Waals surface area contributed by atoms with Crippen molar-refractivity contribution in [2.75, 3.05) is 0 Å². The molecule has 0 aromatic carbocycles. The summed E-state index contributed by atoms with van der Waals surface area (Å²) >= 11 is 0. The first-order chi connectivity index (χ1) is 7.41. The lowest BCUT2D eigenvalue weighted by Crippen LogP contribution is -1.72. The largest absolute Gasteiger partial charge is 0.299 e. The van der Waals surface area contributed by atoms with E-state index in [4.69, 9.17) is 0 Å². The monoisotopic (exact) mass is 206 g/mol. The molecular weight excluding hydrogens is 184 g/mol. The van der Waals surface area contributed by atoms with E-state index in [-0.39, 0.29) is 0 Å². The highest BCUT2D eigenvalue weighted by Gasteiger charge is 1.82. The third-order valence-corrected chi connectivity index (χ3v) is 2.04. The van der Waals surface area contributed by atoms with Crippen molar-refractivity contribution < 1.29 is 4.79 Å². The molecule has 0 radical (unpaired) electrons. The highest BCUT2D eigenvalue weighted by molar-refractivity contribution is 5.64. The third kappa shape index (κ3) is 12.9. The summed E-state index contributed by atoms with van der Waals surface area (Å²) in [5.41, 5.74) is 0. The zero-order valence-electron chi connectivity index (χ0n) is 9.69. The molecule has 1 nitrogen and oxygen atoms in total. The van der Waals surface area contributed by atoms with Crippen LogP contribution in [0.15, 0.2) is 36.5 Å². The van der Waals surface area contributed by atoms with Crippen LogP contribution in [0, 0.1) is 0 Å². The maximum absolute atomic E-state index is 9.96. The van der Waals surface area contributed by atoms with Crippen molar-refractivity contribution in [2.45, 2.75) is 45.4 Å². The molecule has 0 aliphatic heterocycles. The lowest BCUT2D eigenvalue weighted by atomic mass is 10.2. The number of carbonyl (C=O) groups is 1. The summed E-state index contributed by atoms with van der Waals surface area (Å²) in [5, 5.41) is 0. The van der Waals surface area contributed by atoms with E-state index < -0.39 is 0 Å². The lowest BCUT2D eigenvalue weighted by molar-refractivity contribution is -0.104. The standard InChI is InChI=1S/C14H22O/c1-2-3-4-5-6-7-8-9-10-11-12-13-14-15/h4-7,12-14H,2-3,8-11H2,1H3/b5-4-,7-6+,13-12+. The van der Waals surface area contributed by atoms with Crippen molar-refractivity contribution >= 4 is 6.29 Å². The minimum absolute atomic E-state index is 0.832. The summed E-state index contributed by atoms with van der Waals surface area (Å²) in [5.74, 6) is 0. The summed E-state index contributed by atoms with van der Waals surface area (Å²) in [4.78, 5) is 9.96. The van der Waals surface area contributed by atoms with Gasteiger partial charge in [0.25, 0.3) is 0 Å². The van der Waals surface area contributed by atoms with Gasteiger partial charge in [0.05, 0.1) is 0 Å². The van der Waals surface area contributed by atoms with E-state index in [0.717, 1.165) is 25.5 Å². The SMILES string of the molecule is CCC/C=C\C=C\CCCC/C=C/C=O. The Morgan fingerprint density at radius 3 is 1.87 bits per heavy atom. The zero-order chi connectivity index (χ0) is 11.2. The fourth-order valence-corrected chi connectivity index (χ4v) is 1.19. The Labute approximate surface area is 93.6 Å². The van der Waals surface area contributed by atoms with Gasteiger partial charge in [0.1, 0.15) is 6.29 Å². The molecule has 0 saturated heterocycles. The van der Waals surface area contributed by atoms with Gasteiger partial charge in [0.2, 0.25) is 0 Å². The molecule has 15 heavy (non-hydrogen) atoms. The van der Waals surface area contributed by atoms with E-state index in [1.807, 2.05) is 6.08 Å². The molecule has 0 unspecified atom stereocenters. The first-order valence-electron chi connectivity index (χ1n) is 5.83. The normalized spacial score (nSPS) is 12.1. The Hall–Kier alpha value is -1.11. The van der Waals surface area contributed by atoms with Crippen LogP contribution in [0.5, 0.6) is 0 Å². The molecular formula is C14H22O. The van der Waals surface area contributed by atoms with Gasteiger partial charge in [-0.25, -0.2) is 0 Å². The van der Waals surface area contributed by atoms with Crippen LogP contribution in [0.1, 0.15) is 45.4 Å². The molecule has 0 aliphatic carbocycles. The molecule has 0 aliphatic rings. The predicted octanol–water partition coefficient (Wildman–Crippen LogP) is 4.21. The Morgan fingerprint density at radius 2 is 1.33 bits per heavy atom. The maximum atomic E-state index is 9.96. The molecule has 0 fully saturated rings. The number of hydrogen-bond donors (Lipinski definition) is 0. The van der Waals surface area contributed by atoms with Crippen LogP contribution in [-0.4, -0.2) is 6.29 Å². The smallest absolute Gasteiger partial charge is 0.142 e. The number of unbranched alkanes of at least 4 members (excludes halogenated alkanes) is 4. The van der Waals surface area contributed by atoms with Gasteiger partial charge in [-0.3, -0.25) is 4.79 Å². The average molecular weight is 206 g/mol. The molecule has 84 valence electrons. The van der Waals surface area contributed by atoms with Crippen molar-refractivity contribution in [2.24, 2.45) is 0 Å². The average Bonchev–Trinajstić information content (AvgIpc) is 2.26.